The summed E-state index contributed by atoms with van der Waals surface area (Å²) in [5.41, 5.74) is 8.31. The van der Waals surface area contributed by atoms with E-state index in [9.17, 15) is 0 Å². The molecule has 1 aliphatic carbocycles. The van der Waals surface area contributed by atoms with Crippen LogP contribution in [0.25, 0.3) is 0 Å². The molecule has 2 N–H and O–H groups in total. The van der Waals surface area contributed by atoms with Crippen molar-refractivity contribution < 1.29 is 0 Å². The summed E-state index contributed by atoms with van der Waals surface area (Å²) in [6.45, 7) is 0.778. The van der Waals surface area contributed by atoms with E-state index in [-0.39, 0.29) is 0 Å². The van der Waals surface area contributed by atoms with Gasteiger partial charge in [-0.3, -0.25) is 0 Å². The molecule has 13 heavy (non-hydrogen) atoms. The standard InChI is InChI=1S/C10H17N3/c1-13-7-12-10-8(5-6-11)3-2-4-9(10)13/h7-8H,2-6,11H2,1H3/t8-/m0/s1. The number of rotatable bonds is 2. The molecule has 3 heteroatoms. The maximum atomic E-state index is 5.59. The van der Waals surface area contributed by atoms with Gasteiger partial charge in [-0.25, -0.2) is 4.98 Å². The van der Waals surface area contributed by atoms with Crippen molar-refractivity contribution in [2.24, 2.45) is 12.8 Å². The van der Waals surface area contributed by atoms with Crippen LogP contribution in [0.3, 0.4) is 0 Å². The molecule has 1 atom stereocenters. The predicted molar refractivity (Wildman–Crippen MR) is 52.6 cm³/mol. The molecule has 2 rings (SSSR count). The van der Waals surface area contributed by atoms with Gasteiger partial charge in [0.2, 0.25) is 0 Å². The van der Waals surface area contributed by atoms with Crippen molar-refractivity contribution in [2.75, 3.05) is 6.54 Å². The Morgan fingerprint density at radius 1 is 1.69 bits per heavy atom. The van der Waals surface area contributed by atoms with Crippen LogP contribution in [0.1, 0.15) is 36.6 Å². The summed E-state index contributed by atoms with van der Waals surface area (Å²) in [6, 6.07) is 0. The molecule has 0 radical (unpaired) electrons. The number of aryl methyl sites for hydroxylation is 1. The average Bonchev–Trinajstić information content (AvgIpc) is 2.50. The van der Waals surface area contributed by atoms with Crippen molar-refractivity contribution in [2.45, 2.75) is 31.6 Å². The Labute approximate surface area is 79.0 Å². The maximum absolute atomic E-state index is 5.59. The topological polar surface area (TPSA) is 43.8 Å². The lowest BCUT2D eigenvalue weighted by molar-refractivity contribution is 0.507. The van der Waals surface area contributed by atoms with Gasteiger partial charge in [-0.2, -0.15) is 0 Å². The molecule has 1 aromatic rings. The number of imidazole rings is 1. The highest BCUT2D eigenvalue weighted by Crippen LogP contribution is 2.31. The molecule has 0 saturated heterocycles. The van der Waals surface area contributed by atoms with E-state index in [2.05, 4.69) is 16.6 Å². The third-order valence-electron chi connectivity index (χ3n) is 2.96. The van der Waals surface area contributed by atoms with Crippen molar-refractivity contribution in [3.05, 3.63) is 17.7 Å². The number of fused-ring (bicyclic) bond motifs is 1. The summed E-state index contributed by atoms with van der Waals surface area (Å²) >= 11 is 0. The van der Waals surface area contributed by atoms with Gasteiger partial charge in [0.15, 0.2) is 0 Å². The Morgan fingerprint density at radius 3 is 3.31 bits per heavy atom. The van der Waals surface area contributed by atoms with Gasteiger partial charge in [0, 0.05) is 18.7 Å². The Kier molecular flexibility index (Phi) is 2.36. The molecule has 3 nitrogen and oxygen atoms in total. The zero-order valence-electron chi connectivity index (χ0n) is 8.16. The average molecular weight is 179 g/mol. The zero-order chi connectivity index (χ0) is 9.26. The van der Waals surface area contributed by atoms with Gasteiger partial charge in [0.25, 0.3) is 0 Å². The molecule has 0 saturated carbocycles. The van der Waals surface area contributed by atoms with E-state index in [1.54, 1.807) is 0 Å². The van der Waals surface area contributed by atoms with Crippen LogP contribution in [0.4, 0.5) is 0 Å². The first-order valence-corrected chi connectivity index (χ1v) is 5.03. The summed E-state index contributed by atoms with van der Waals surface area (Å²) in [4.78, 5) is 4.46. The van der Waals surface area contributed by atoms with Crippen LogP contribution in [-0.4, -0.2) is 16.1 Å². The molecular formula is C10H17N3. The van der Waals surface area contributed by atoms with Crippen molar-refractivity contribution in [3.8, 4) is 0 Å². The molecule has 0 amide bonds. The SMILES string of the molecule is Cn1cnc2c1CCC[C@H]2CCN. The van der Waals surface area contributed by atoms with Gasteiger partial charge in [0.1, 0.15) is 0 Å². The molecule has 1 aromatic heterocycles. The lowest BCUT2D eigenvalue weighted by Gasteiger charge is -2.21. The quantitative estimate of drug-likeness (QED) is 0.741. The minimum atomic E-state index is 0.620. The van der Waals surface area contributed by atoms with Gasteiger partial charge in [-0.15, -0.1) is 0 Å². The Bertz CT molecular complexity index is 290. The van der Waals surface area contributed by atoms with Gasteiger partial charge < -0.3 is 10.3 Å². The lowest BCUT2D eigenvalue weighted by atomic mass is 9.87. The highest BCUT2D eigenvalue weighted by atomic mass is 15.0. The maximum Gasteiger partial charge on any atom is 0.0949 e. The Balaban J connectivity index is 2.27. The van der Waals surface area contributed by atoms with Crippen LogP contribution in [0.2, 0.25) is 0 Å². The first kappa shape index (κ1) is 8.75. The van der Waals surface area contributed by atoms with Crippen molar-refractivity contribution in [1.29, 1.82) is 0 Å². The van der Waals surface area contributed by atoms with Crippen molar-refractivity contribution in [3.63, 3.8) is 0 Å². The smallest absolute Gasteiger partial charge is 0.0949 e. The van der Waals surface area contributed by atoms with E-state index in [0.717, 1.165) is 13.0 Å². The first-order valence-electron chi connectivity index (χ1n) is 5.03. The fourth-order valence-corrected chi connectivity index (χ4v) is 2.25. The van der Waals surface area contributed by atoms with Crippen LogP contribution in [0.15, 0.2) is 6.33 Å². The number of nitrogens with zero attached hydrogens (tertiary/aromatic N) is 2. The van der Waals surface area contributed by atoms with Crippen LogP contribution < -0.4 is 5.73 Å². The van der Waals surface area contributed by atoms with E-state index in [1.165, 1.54) is 30.7 Å². The fourth-order valence-electron chi connectivity index (χ4n) is 2.25. The minimum absolute atomic E-state index is 0.620. The summed E-state index contributed by atoms with van der Waals surface area (Å²) in [6.07, 6.45) is 6.76. The number of aromatic nitrogens is 2. The lowest BCUT2D eigenvalue weighted by Crippen LogP contribution is -2.15. The summed E-state index contributed by atoms with van der Waals surface area (Å²) in [7, 11) is 2.08. The van der Waals surface area contributed by atoms with E-state index in [0.29, 0.717) is 5.92 Å². The fraction of sp³-hybridized carbons (Fsp3) is 0.700. The normalized spacial score (nSPS) is 21.5. The van der Waals surface area contributed by atoms with E-state index in [1.807, 2.05) is 6.33 Å². The summed E-state index contributed by atoms with van der Waals surface area (Å²) < 4.78 is 2.15. The second-order valence-electron chi connectivity index (χ2n) is 3.85. The van der Waals surface area contributed by atoms with E-state index in [4.69, 9.17) is 5.73 Å². The van der Waals surface area contributed by atoms with Gasteiger partial charge >= 0.3 is 0 Å². The van der Waals surface area contributed by atoms with E-state index >= 15 is 0 Å². The zero-order valence-corrected chi connectivity index (χ0v) is 8.16. The monoisotopic (exact) mass is 179 g/mol. The molecule has 0 spiro atoms. The summed E-state index contributed by atoms with van der Waals surface area (Å²) in [5.74, 6) is 0.620. The highest BCUT2D eigenvalue weighted by molar-refractivity contribution is 5.20. The largest absolute Gasteiger partial charge is 0.337 e. The van der Waals surface area contributed by atoms with Crippen molar-refractivity contribution >= 4 is 0 Å². The second kappa shape index (κ2) is 3.50. The molecular weight excluding hydrogens is 162 g/mol. The number of hydrogen-bond donors (Lipinski definition) is 1. The first-order chi connectivity index (χ1) is 6.33. The van der Waals surface area contributed by atoms with Gasteiger partial charge in [-0.05, 0) is 32.2 Å². The predicted octanol–water partition coefficient (Wildman–Crippen LogP) is 1.19. The molecule has 1 aliphatic rings. The van der Waals surface area contributed by atoms with Crippen LogP contribution in [-0.2, 0) is 13.5 Å². The third kappa shape index (κ3) is 1.48. The second-order valence-corrected chi connectivity index (χ2v) is 3.85. The summed E-state index contributed by atoms with van der Waals surface area (Å²) in [5, 5.41) is 0. The molecule has 0 aliphatic heterocycles. The molecule has 0 bridgehead atoms. The van der Waals surface area contributed by atoms with Crippen LogP contribution in [0.5, 0.6) is 0 Å². The molecule has 0 fully saturated rings. The van der Waals surface area contributed by atoms with Crippen molar-refractivity contribution in [1.82, 2.24) is 9.55 Å². The number of nitrogens with two attached hydrogens (primary N) is 1. The molecule has 72 valence electrons. The van der Waals surface area contributed by atoms with Gasteiger partial charge in [0.05, 0.1) is 12.0 Å². The number of hydrogen-bond acceptors (Lipinski definition) is 2. The molecule has 0 unspecified atom stereocenters. The van der Waals surface area contributed by atoms with Crippen LogP contribution in [0, 0.1) is 0 Å². The van der Waals surface area contributed by atoms with Crippen LogP contribution >= 0.6 is 0 Å². The Morgan fingerprint density at radius 2 is 2.54 bits per heavy atom. The van der Waals surface area contributed by atoms with E-state index < -0.39 is 0 Å². The molecule has 1 heterocycles. The molecule has 0 aromatic carbocycles. The highest BCUT2D eigenvalue weighted by Gasteiger charge is 2.22. The minimum Gasteiger partial charge on any atom is -0.337 e. The Hall–Kier alpha value is -0.830. The van der Waals surface area contributed by atoms with Gasteiger partial charge in [-0.1, -0.05) is 0 Å². The third-order valence-corrected chi connectivity index (χ3v) is 2.96.